The lowest BCUT2D eigenvalue weighted by molar-refractivity contribution is 0.0955. The Labute approximate surface area is 179 Å². The first kappa shape index (κ1) is 20.3. The molecule has 3 rings (SSSR count). The zero-order valence-corrected chi connectivity index (χ0v) is 18.5. The number of hydrogen-bond acceptors (Lipinski definition) is 4. The fourth-order valence-corrected chi connectivity index (χ4v) is 3.93. The Morgan fingerprint density at radius 3 is 2.57 bits per heavy atom. The quantitative estimate of drug-likeness (QED) is 0.394. The minimum absolute atomic E-state index is 0.112. The van der Waals surface area contributed by atoms with Gasteiger partial charge in [-0.3, -0.25) is 9.48 Å². The van der Waals surface area contributed by atoms with E-state index in [0.717, 1.165) is 22.5 Å². The highest BCUT2D eigenvalue weighted by Gasteiger charge is 2.08. The number of halogens is 2. The zero-order chi connectivity index (χ0) is 20.3. The van der Waals surface area contributed by atoms with Crippen LogP contribution in [0, 0.1) is 13.8 Å². The number of phenolic OH excluding ortho intramolecular Hbond substituents is 1. The number of aromatic nitrogens is 2. The molecule has 0 fully saturated rings. The zero-order valence-electron chi connectivity index (χ0n) is 15.3. The van der Waals surface area contributed by atoms with Crippen molar-refractivity contribution in [1.82, 2.24) is 15.2 Å². The Bertz CT molecular complexity index is 1040. The van der Waals surface area contributed by atoms with Gasteiger partial charge in [0.2, 0.25) is 0 Å². The Morgan fingerprint density at radius 2 is 1.93 bits per heavy atom. The molecule has 144 valence electrons. The summed E-state index contributed by atoms with van der Waals surface area (Å²) in [5.74, 6) is -0.191. The van der Waals surface area contributed by atoms with Gasteiger partial charge >= 0.3 is 0 Å². The number of phenols is 1. The number of amides is 1. The van der Waals surface area contributed by atoms with Crippen LogP contribution < -0.4 is 5.43 Å². The van der Waals surface area contributed by atoms with Crippen molar-refractivity contribution in [3.05, 3.63) is 79.5 Å². The molecule has 0 atom stereocenters. The van der Waals surface area contributed by atoms with E-state index >= 15 is 0 Å². The van der Waals surface area contributed by atoms with Gasteiger partial charge in [0.05, 0.1) is 27.4 Å². The van der Waals surface area contributed by atoms with Crippen molar-refractivity contribution >= 4 is 44.0 Å². The van der Waals surface area contributed by atoms with Crippen molar-refractivity contribution in [2.75, 3.05) is 0 Å². The molecule has 0 unspecified atom stereocenters. The third kappa shape index (κ3) is 4.88. The smallest absolute Gasteiger partial charge is 0.271 e. The molecular weight excluding hydrogens is 488 g/mol. The molecule has 1 heterocycles. The van der Waals surface area contributed by atoms with Gasteiger partial charge in [0.25, 0.3) is 5.91 Å². The first-order chi connectivity index (χ1) is 13.3. The number of hydrogen-bond donors (Lipinski definition) is 2. The average Bonchev–Trinajstić information content (AvgIpc) is 2.96. The van der Waals surface area contributed by atoms with E-state index in [1.54, 1.807) is 18.2 Å². The molecule has 0 aliphatic heterocycles. The molecule has 0 radical (unpaired) electrons. The van der Waals surface area contributed by atoms with E-state index in [2.05, 4.69) is 47.5 Å². The van der Waals surface area contributed by atoms with Gasteiger partial charge in [0, 0.05) is 11.3 Å². The van der Waals surface area contributed by atoms with Gasteiger partial charge in [-0.1, -0.05) is 12.1 Å². The molecule has 8 heteroatoms. The number of carbonyl (C=O) groups excluding carboxylic acids is 1. The molecule has 6 nitrogen and oxygen atoms in total. The number of rotatable bonds is 5. The highest BCUT2D eigenvalue weighted by atomic mass is 79.9. The highest BCUT2D eigenvalue weighted by Crippen LogP contribution is 2.32. The molecule has 0 spiro atoms. The molecule has 0 bridgehead atoms. The van der Waals surface area contributed by atoms with Crippen LogP contribution in [0.3, 0.4) is 0 Å². The van der Waals surface area contributed by atoms with Crippen molar-refractivity contribution in [2.24, 2.45) is 5.10 Å². The summed E-state index contributed by atoms with van der Waals surface area (Å²) in [6, 6.07) is 12.8. The van der Waals surface area contributed by atoms with Crippen molar-refractivity contribution in [2.45, 2.75) is 20.4 Å². The molecule has 3 aromatic rings. The van der Waals surface area contributed by atoms with Gasteiger partial charge in [-0.2, -0.15) is 10.2 Å². The number of carbonyl (C=O) groups is 1. The maximum absolute atomic E-state index is 12.4. The van der Waals surface area contributed by atoms with E-state index in [0.29, 0.717) is 21.1 Å². The third-order valence-electron chi connectivity index (χ3n) is 4.04. The van der Waals surface area contributed by atoms with Gasteiger partial charge in [0.1, 0.15) is 5.75 Å². The summed E-state index contributed by atoms with van der Waals surface area (Å²) < 4.78 is 2.98. The Balaban J connectivity index is 1.68. The van der Waals surface area contributed by atoms with Gasteiger partial charge in [-0.25, -0.2) is 5.43 Å². The SMILES string of the molecule is Cc1cc(C)n(Cc2cccc(C(=O)NN=Cc3cc(Br)c(O)c(Br)c3)c2)n1. The van der Waals surface area contributed by atoms with E-state index in [1.807, 2.05) is 42.8 Å². The van der Waals surface area contributed by atoms with Gasteiger partial charge in [-0.15, -0.1) is 0 Å². The second kappa shape index (κ2) is 8.70. The van der Waals surface area contributed by atoms with Crippen LogP contribution >= 0.6 is 31.9 Å². The van der Waals surface area contributed by atoms with E-state index < -0.39 is 0 Å². The molecule has 1 amide bonds. The molecule has 2 N–H and O–H groups in total. The number of nitrogens with one attached hydrogen (secondary N) is 1. The van der Waals surface area contributed by atoms with E-state index in [4.69, 9.17) is 0 Å². The summed E-state index contributed by atoms with van der Waals surface area (Å²) in [6.07, 6.45) is 1.51. The predicted molar refractivity (Wildman–Crippen MR) is 116 cm³/mol. The maximum Gasteiger partial charge on any atom is 0.271 e. The topological polar surface area (TPSA) is 79.5 Å². The summed E-state index contributed by atoms with van der Waals surface area (Å²) in [5, 5.41) is 18.2. The van der Waals surface area contributed by atoms with Gasteiger partial charge in [-0.05, 0) is 87.2 Å². The van der Waals surface area contributed by atoms with Crippen molar-refractivity contribution in [1.29, 1.82) is 0 Å². The monoisotopic (exact) mass is 504 g/mol. The summed E-state index contributed by atoms with van der Waals surface area (Å²) in [7, 11) is 0. The lowest BCUT2D eigenvalue weighted by Crippen LogP contribution is -2.18. The predicted octanol–water partition coefficient (Wildman–Crippen LogP) is 4.54. The summed E-state index contributed by atoms with van der Waals surface area (Å²) in [5.41, 5.74) is 6.78. The lowest BCUT2D eigenvalue weighted by atomic mass is 10.1. The molecule has 0 aliphatic rings. The van der Waals surface area contributed by atoms with E-state index in [-0.39, 0.29) is 11.7 Å². The molecular formula is C20H18Br2N4O2. The number of benzene rings is 2. The summed E-state index contributed by atoms with van der Waals surface area (Å²) in [4.78, 5) is 12.4. The largest absolute Gasteiger partial charge is 0.506 e. The lowest BCUT2D eigenvalue weighted by Gasteiger charge is -2.07. The molecule has 1 aromatic heterocycles. The normalized spacial score (nSPS) is 11.1. The van der Waals surface area contributed by atoms with Gasteiger partial charge in [0.15, 0.2) is 0 Å². The molecule has 0 aliphatic carbocycles. The summed E-state index contributed by atoms with van der Waals surface area (Å²) >= 11 is 6.52. The van der Waals surface area contributed by atoms with Crippen molar-refractivity contribution < 1.29 is 9.90 Å². The number of aryl methyl sites for hydroxylation is 2. The van der Waals surface area contributed by atoms with Crippen LogP contribution in [0.5, 0.6) is 5.75 Å². The number of aromatic hydroxyl groups is 1. The fourth-order valence-electron chi connectivity index (χ4n) is 2.71. The van der Waals surface area contributed by atoms with Crippen LogP contribution in [-0.4, -0.2) is 27.0 Å². The first-order valence-electron chi connectivity index (χ1n) is 8.45. The minimum Gasteiger partial charge on any atom is -0.506 e. The second-order valence-corrected chi connectivity index (χ2v) is 8.03. The summed E-state index contributed by atoms with van der Waals surface area (Å²) in [6.45, 7) is 4.56. The Morgan fingerprint density at radius 1 is 1.21 bits per heavy atom. The van der Waals surface area contributed by atoms with Gasteiger partial charge < -0.3 is 5.11 Å². The van der Waals surface area contributed by atoms with Crippen LogP contribution in [0.4, 0.5) is 0 Å². The minimum atomic E-state index is -0.302. The number of nitrogens with zero attached hydrogens (tertiary/aromatic N) is 3. The van der Waals surface area contributed by atoms with Crippen molar-refractivity contribution in [3.8, 4) is 5.75 Å². The molecule has 2 aromatic carbocycles. The second-order valence-electron chi connectivity index (χ2n) is 6.32. The molecule has 0 saturated carbocycles. The highest BCUT2D eigenvalue weighted by molar-refractivity contribution is 9.11. The van der Waals surface area contributed by atoms with E-state index in [1.165, 1.54) is 6.21 Å². The van der Waals surface area contributed by atoms with E-state index in [9.17, 15) is 9.90 Å². The average molecular weight is 506 g/mol. The molecule has 0 saturated heterocycles. The van der Waals surface area contributed by atoms with Crippen LogP contribution in [0.1, 0.15) is 32.9 Å². The third-order valence-corrected chi connectivity index (χ3v) is 5.25. The van der Waals surface area contributed by atoms with Crippen molar-refractivity contribution in [3.63, 3.8) is 0 Å². The Hall–Kier alpha value is -2.45. The fraction of sp³-hybridized carbons (Fsp3) is 0.150. The number of hydrazone groups is 1. The van der Waals surface area contributed by atoms with Crippen LogP contribution in [0.25, 0.3) is 0 Å². The molecule has 28 heavy (non-hydrogen) atoms. The van der Waals surface area contributed by atoms with Crippen LogP contribution in [0.2, 0.25) is 0 Å². The first-order valence-corrected chi connectivity index (χ1v) is 10.0. The van der Waals surface area contributed by atoms with Crippen LogP contribution in [-0.2, 0) is 6.54 Å². The maximum atomic E-state index is 12.4. The Kier molecular flexibility index (Phi) is 6.31. The standard InChI is InChI=1S/C20H18Br2N4O2/c1-12-6-13(2)26(25-12)11-14-4-3-5-16(7-14)20(28)24-23-10-15-8-17(21)19(27)18(22)9-15/h3-10,27H,11H2,1-2H3,(H,24,28). The van der Waals surface area contributed by atoms with Crippen LogP contribution in [0.15, 0.2) is 56.5 Å².